The van der Waals surface area contributed by atoms with Crippen molar-refractivity contribution < 1.29 is 0 Å². The molecule has 2 aromatic heterocycles. The Kier molecular flexibility index (Phi) is 4.69. The molecule has 144 valence electrons. The van der Waals surface area contributed by atoms with Crippen LogP contribution < -0.4 is 0 Å². The summed E-state index contributed by atoms with van der Waals surface area (Å²) in [6, 6.07) is 15.4. The van der Waals surface area contributed by atoms with Gasteiger partial charge >= 0.3 is 0 Å². The number of rotatable bonds is 5. The first kappa shape index (κ1) is 17.6. The number of nitrogens with zero attached hydrogens (tertiary/aromatic N) is 5. The third kappa shape index (κ3) is 3.24. The Bertz CT molecular complexity index is 921. The second kappa shape index (κ2) is 7.47. The van der Waals surface area contributed by atoms with Crippen molar-refractivity contribution in [1.82, 2.24) is 24.6 Å². The summed E-state index contributed by atoms with van der Waals surface area (Å²) < 4.78 is 2.42. The van der Waals surface area contributed by atoms with E-state index in [1.807, 2.05) is 24.5 Å². The monoisotopic (exact) mass is 373 g/mol. The molecule has 0 amide bonds. The summed E-state index contributed by atoms with van der Waals surface area (Å²) in [7, 11) is 0. The van der Waals surface area contributed by atoms with Gasteiger partial charge in [0.25, 0.3) is 0 Å². The van der Waals surface area contributed by atoms with Gasteiger partial charge in [-0.25, -0.2) is 0 Å². The highest BCUT2D eigenvalue weighted by Crippen LogP contribution is 2.39. The molecule has 5 heteroatoms. The van der Waals surface area contributed by atoms with Crippen LogP contribution in [-0.4, -0.2) is 44.3 Å². The number of likely N-dealkylation sites (tertiary alicyclic amines) is 1. The number of fused-ring (bicyclic) bond motifs is 3. The van der Waals surface area contributed by atoms with Crippen molar-refractivity contribution in [2.75, 3.05) is 19.6 Å². The third-order valence-electron chi connectivity index (χ3n) is 6.50. The van der Waals surface area contributed by atoms with Crippen LogP contribution >= 0.6 is 0 Å². The Morgan fingerprint density at radius 3 is 2.68 bits per heavy atom. The fourth-order valence-corrected chi connectivity index (χ4v) is 4.88. The molecule has 0 aliphatic carbocycles. The van der Waals surface area contributed by atoms with Crippen LogP contribution in [0.4, 0.5) is 0 Å². The first-order chi connectivity index (χ1) is 13.8. The van der Waals surface area contributed by atoms with E-state index in [1.165, 1.54) is 24.9 Å². The van der Waals surface area contributed by atoms with Crippen molar-refractivity contribution >= 4 is 0 Å². The summed E-state index contributed by atoms with van der Waals surface area (Å²) in [6.07, 6.45) is 7.14. The molecule has 0 saturated carbocycles. The fraction of sp³-hybridized carbons (Fsp3) is 0.435. The van der Waals surface area contributed by atoms with Crippen LogP contribution in [0, 0.1) is 5.92 Å². The van der Waals surface area contributed by atoms with Gasteiger partial charge in [-0.2, -0.15) is 0 Å². The summed E-state index contributed by atoms with van der Waals surface area (Å²) in [5.41, 5.74) is 2.56. The molecule has 0 bridgehead atoms. The highest BCUT2D eigenvalue weighted by atomic mass is 15.3. The van der Waals surface area contributed by atoms with Gasteiger partial charge in [0.15, 0.2) is 5.82 Å². The molecular weight excluding hydrogens is 346 g/mol. The van der Waals surface area contributed by atoms with Crippen molar-refractivity contribution in [3.8, 4) is 11.4 Å². The van der Waals surface area contributed by atoms with Gasteiger partial charge in [0.2, 0.25) is 0 Å². The maximum Gasteiger partial charge on any atom is 0.164 e. The summed E-state index contributed by atoms with van der Waals surface area (Å²) in [5.74, 6) is 3.46. The average molecular weight is 374 g/mol. The lowest BCUT2D eigenvalue weighted by atomic mass is 9.93. The Labute approximate surface area is 166 Å². The van der Waals surface area contributed by atoms with Crippen molar-refractivity contribution in [1.29, 1.82) is 0 Å². The molecule has 1 unspecified atom stereocenters. The Hall–Kier alpha value is -2.53. The van der Waals surface area contributed by atoms with E-state index < -0.39 is 0 Å². The van der Waals surface area contributed by atoms with E-state index in [-0.39, 0.29) is 0 Å². The quantitative estimate of drug-likeness (QED) is 0.679. The summed E-state index contributed by atoms with van der Waals surface area (Å²) in [6.45, 7) is 5.80. The normalized spacial score (nSPS) is 22.6. The maximum absolute atomic E-state index is 4.53. The molecule has 0 N–H and O–H groups in total. The van der Waals surface area contributed by atoms with Crippen LogP contribution in [0.15, 0.2) is 54.9 Å². The molecule has 3 atom stereocenters. The third-order valence-corrected chi connectivity index (χ3v) is 6.50. The van der Waals surface area contributed by atoms with Gasteiger partial charge in [0.05, 0.1) is 6.04 Å². The summed E-state index contributed by atoms with van der Waals surface area (Å²) in [5, 5.41) is 9.04. The molecule has 2 aliphatic rings. The average Bonchev–Trinajstić information content (AvgIpc) is 3.37. The SMILES string of the molecule is CC(CCN1C[C@H]2CCc3nnc(-c4ccncc4)n3[C@H]2C1)c1ccccc1. The van der Waals surface area contributed by atoms with Crippen LogP contribution in [0.5, 0.6) is 0 Å². The number of hydrogen-bond donors (Lipinski definition) is 0. The van der Waals surface area contributed by atoms with Crippen LogP contribution in [0.1, 0.15) is 43.1 Å². The Balaban J connectivity index is 1.31. The molecule has 5 rings (SSSR count). The Morgan fingerprint density at radius 2 is 1.86 bits per heavy atom. The van der Waals surface area contributed by atoms with Crippen molar-refractivity contribution in [3.63, 3.8) is 0 Å². The van der Waals surface area contributed by atoms with E-state index in [0.717, 1.165) is 36.7 Å². The highest BCUT2D eigenvalue weighted by molar-refractivity contribution is 5.54. The van der Waals surface area contributed by atoms with Gasteiger partial charge in [0.1, 0.15) is 5.82 Å². The van der Waals surface area contributed by atoms with E-state index in [2.05, 4.69) is 61.9 Å². The molecule has 4 heterocycles. The molecule has 1 saturated heterocycles. The molecule has 1 fully saturated rings. The molecule has 0 radical (unpaired) electrons. The van der Waals surface area contributed by atoms with Gasteiger partial charge in [-0.3, -0.25) is 4.98 Å². The molecule has 3 aromatic rings. The molecular formula is C23H27N5. The maximum atomic E-state index is 4.53. The number of hydrogen-bond acceptors (Lipinski definition) is 4. The topological polar surface area (TPSA) is 46.8 Å². The van der Waals surface area contributed by atoms with Gasteiger partial charge in [0, 0.05) is 37.5 Å². The minimum atomic E-state index is 0.494. The van der Waals surface area contributed by atoms with E-state index in [0.29, 0.717) is 17.9 Å². The Morgan fingerprint density at radius 1 is 1.04 bits per heavy atom. The summed E-state index contributed by atoms with van der Waals surface area (Å²) in [4.78, 5) is 6.80. The zero-order chi connectivity index (χ0) is 18.9. The lowest BCUT2D eigenvalue weighted by molar-refractivity contribution is 0.308. The number of aromatic nitrogens is 4. The lowest BCUT2D eigenvalue weighted by Gasteiger charge is -2.27. The predicted octanol–water partition coefficient (Wildman–Crippen LogP) is 3.95. The molecule has 2 aliphatic heterocycles. The van der Waals surface area contributed by atoms with E-state index in [9.17, 15) is 0 Å². The fourth-order valence-electron chi connectivity index (χ4n) is 4.88. The van der Waals surface area contributed by atoms with Gasteiger partial charge in [-0.15, -0.1) is 10.2 Å². The first-order valence-corrected chi connectivity index (χ1v) is 10.4. The van der Waals surface area contributed by atoms with Crippen molar-refractivity contribution in [2.24, 2.45) is 5.92 Å². The van der Waals surface area contributed by atoms with Gasteiger partial charge in [-0.1, -0.05) is 37.3 Å². The first-order valence-electron chi connectivity index (χ1n) is 10.4. The zero-order valence-corrected chi connectivity index (χ0v) is 16.4. The second-order valence-corrected chi connectivity index (χ2v) is 8.27. The predicted molar refractivity (Wildman–Crippen MR) is 110 cm³/mol. The van der Waals surface area contributed by atoms with Gasteiger partial charge in [-0.05, 0) is 48.9 Å². The second-order valence-electron chi connectivity index (χ2n) is 8.27. The highest BCUT2D eigenvalue weighted by Gasteiger charge is 2.39. The van der Waals surface area contributed by atoms with Crippen LogP contribution in [-0.2, 0) is 6.42 Å². The van der Waals surface area contributed by atoms with Crippen molar-refractivity contribution in [3.05, 3.63) is 66.2 Å². The summed E-state index contributed by atoms with van der Waals surface area (Å²) >= 11 is 0. The molecule has 28 heavy (non-hydrogen) atoms. The lowest BCUT2D eigenvalue weighted by Crippen LogP contribution is -2.26. The van der Waals surface area contributed by atoms with Crippen LogP contribution in [0.25, 0.3) is 11.4 Å². The number of benzene rings is 1. The van der Waals surface area contributed by atoms with Crippen LogP contribution in [0.3, 0.4) is 0 Å². The van der Waals surface area contributed by atoms with Crippen LogP contribution in [0.2, 0.25) is 0 Å². The number of pyridine rings is 1. The minimum Gasteiger partial charge on any atom is -0.306 e. The standard InChI is InChI=1S/C23H27N5/c1-17(18-5-3-2-4-6-18)11-14-27-15-20-7-8-22-25-26-23(28(22)21(20)16-27)19-9-12-24-13-10-19/h2-6,9-10,12-13,17,20-21H,7-8,11,14-16H2,1H3/t17?,20-,21+/m1/s1. The molecule has 5 nitrogen and oxygen atoms in total. The molecule has 0 spiro atoms. The zero-order valence-electron chi connectivity index (χ0n) is 16.4. The number of aryl methyl sites for hydroxylation is 1. The molecule has 1 aromatic carbocycles. The smallest absolute Gasteiger partial charge is 0.164 e. The van der Waals surface area contributed by atoms with E-state index >= 15 is 0 Å². The largest absolute Gasteiger partial charge is 0.306 e. The van der Waals surface area contributed by atoms with E-state index in [4.69, 9.17) is 0 Å². The van der Waals surface area contributed by atoms with E-state index in [1.54, 1.807) is 0 Å². The van der Waals surface area contributed by atoms with Gasteiger partial charge < -0.3 is 9.47 Å². The van der Waals surface area contributed by atoms with Crippen molar-refractivity contribution in [2.45, 2.75) is 38.1 Å². The minimum absolute atomic E-state index is 0.494.